The number of sulfonamides is 1. The first-order valence-electron chi connectivity index (χ1n) is 6.43. The van der Waals surface area contributed by atoms with Crippen LogP contribution in [0.3, 0.4) is 0 Å². The smallest absolute Gasteiger partial charge is 0.243 e. The van der Waals surface area contributed by atoms with Crippen LogP contribution in [0.1, 0.15) is 13.8 Å². The fourth-order valence-corrected chi connectivity index (χ4v) is 3.15. The molecule has 1 N–H and O–H groups in total. The lowest BCUT2D eigenvalue weighted by atomic mass is 10.3. The Labute approximate surface area is 115 Å². The molecule has 0 spiro atoms. The number of hydrogen-bond acceptors (Lipinski definition) is 4. The van der Waals surface area contributed by atoms with Gasteiger partial charge in [0.05, 0.1) is 4.90 Å². The summed E-state index contributed by atoms with van der Waals surface area (Å²) in [5.74, 6) is 0.675. The summed E-state index contributed by atoms with van der Waals surface area (Å²) >= 11 is 0. The third-order valence-electron chi connectivity index (χ3n) is 2.79. The number of nitrogens with one attached hydrogen (secondary N) is 1. The maximum atomic E-state index is 12.2. The first-order chi connectivity index (χ1) is 9.06. The number of hydrogen-bond donors (Lipinski definition) is 1. The molecule has 0 saturated heterocycles. The summed E-state index contributed by atoms with van der Waals surface area (Å²) in [6.45, 7) is 5.91. The third kappa shape index (κ3) is 4.19. The summed E-state index contributed by atoms with van der Waals surface area (Å²) in [5, 5.41) is 2.98. The highest BCUT2D eigenvalue weighted by atomic mass is 32.2. The van der Waals surface area contributed by atoms with Crippen LogP contribution in [0.5, 0.6) is 5.75 Å². The van der Waals surface area contributed by atoms with Crippen molar-refractivity contribution in [1.29, 1.82) is 0 Å². The van der Waals surface area contributed by atoms with E-state index in [9.17, 15) is 8.42 Å². The van der Waals surface area contributed by atoms with Gasteiger partial charge in [-0.25, -0.2) is 8.42 Å². The predicted molar refractivity (Wildman–Crippen MR) is 76.0 cm³/mol. The molecule has 0 aliphatic heterocycles. The highest BCUT2D eigenvalue weighted by molar-refractivity contribution is 7.89. The molecule has 0 aliphatic rings. The summed E-state index contributed by atoms with van der Waals surface area (Å²) in [7, 11) is -1.53. The van der Waals surface area contributed by atoms with Gasteiger partial charge in [-0.2, -0.15) is 4.31 Å². The van der Waals surface area contributed by atoms with Crippen molar-refractivity contribution >= 4 is 10.0 Å². The second-order valence-corrected chi connectivity index (χ2v) is 5.95. The molecule has 19 heavy (non-hydrogen) atoms. The Morgan fingerprint density at radius 2 is 1.74 bits per heavy atom. The fraction of sp³-hybridized carbons (Fsp3) is 0.538. The summed E-state index contributed by atoms with van der Waals surface area (Å²) < 4.78 is 31.4. The Kier molecular flexibility index (Phi) is 6.27. The van der Waals surface area contributed by atoms with E-state index < -0.39 is 10.0 Å². The van der Waals surface area contributed by atoms with Gasteiger partial charge < -0.3 is 10.1 Å². The molecule has 0 unspecified atom stereocenters. The van der Waals surface area contributed by atoms with Gasteiger partial charge in [0.25, 0.3) is 0 Å². The zero-order valence-electron chi connectivity index (χ0n) is 11.7. The van der Waals surface area contributed by atoms with E-state index >= 15 is 0 Å². The number of benzene rings is 1. The first kappa shape index (κ1) is 15.9. The highest BCUT2D eigenvalue weighted by Crippen LogP contribution is 2.19. The topological polar surface area (TPSA) is 58.6 Å². The van der Waals surface area contributed by atoms with Gasteiger partial charge in [-0.15, -0.1) is 0 Å². The molecular formula is C13H22N2O3S. The molecule has 1 aromatic carbocycles. The second-order valence-electron chi connectivity index (χ2n) is 4.01. The quantitative estimate of drug-likeness (QED) is 0.732. The summed E-state index contributed by atoms with van der Waals surface area (Å²) in [6, 6.07) is 6.54. The SMILES string of the molecule is CCN(CC)S(=O)(=O)c1ccc(OCCNC)cc1. The van der Waals surface area contributed by atoms with Gasteiger partial charge in [0.1, 0.15) is 12.4 Å². The lowest BCUT2D eigenvalue weighted by Crippen LogP contribution is -2.30. The summed E-state index contributed by atoms with van der Waals surface area (Å²) in [4.78, 5) is 0.303. The normalized spacial score (nSPS) is 11.8. The Hall–Kier alpha value is -1.11. The van der Waals surface area contributed by atoms with Crippen LogP contribution in [-0.2, 0) is 10.0 Å². The Morgan fingerprint density at radius 1 is 1.16 bits per heavy atom. The minimum absolute atomic E-state index is 0.303. The van der Waals surface area contributed by atoms with E-state index in [1.165, 1.54) is 4.31 Å². The van der Waals surface area contributed by atoms with Crippen molar-refractivity contribution in [3.63, 3.8) is 0 Å². The molecule has 0 aromatic heterocycles. The molecule has 0 fully saturated rings. The Balaban J connectivity index is 2.80. The minimum atomic E-state index is -3.38. The molecule has 0 aliphatic carbocycles. The molecular weight excluding hydrogens is 264 g/mol. The van der Waals surface area contributed by atoms with E-state index in [4.69, 9.17) is 4.74 Å². The Bertz CT molecular complexity index is 467. The van der Waals surface area contributed by atoms with Gasteiger partial charge in [0.15, 0.2) is 0 Å². The lowest BCUT2D eigenvalue weighted by Gasteiger charge is -2.18. The molecule has 1 aromatic rings. The monoisotopic (exact) mass is 286 g/mol. The van der Waals surface area contributed by atoms with E-state index in [0.717, 1.165) is 6.54 Å². The minimum Gasteiger partial charge on any atom is -0.492 e. The Morgan fingerprint density at radius 3 is 2.21 bits per heavy atom. The third-order valence-corrected chi connectivity index (χ3v) is 4.85. The highest BCUT2D eigenvalue weighted by Gasteiger charge is 2.21. The van der Waals surface area contributed by atoms with Crippen molar-refractivity contribution in [1.82, 2.24) is 9.62 Å². The first-order valence-corrected chi connectivity index (χ1v) is 7.87. The van der Waals surface area contributed by atoms with Crippen LogP contribution in [-0.4, -0.2) is 46.0 Å². The molecule has 0 atom stereocenters. The second kappa shape index (κ2) is 7.47. The van der Waals surface area contributed by atoms with Crippen LogP contribution in [0, 0.1) is 0 Å². The maximum Gasteiger partial charge on any atom is 0.243 e. The summed E-state index contributed by atoms with van der Waals surface area (Å²) in [6.07, 6.45) is 0. The fourth-order valence-electron chi connectivity index (χ4n) is 1.69. The maximum absolute atomic E-state index is 12.2. The molecule has 0 saturated carbocycles. The molecule has 0 radical (unpaired) electrons. The number of likely N-dealkylation sites (N-methyl/N-ethyl adjacent to an activating group) is 1. The standard InChI is InChI=1S/C13H22N2O3S/c1-4-15(5-2)19(16,17)13-8-6-12(7-9-13)18-11-10-14-3/h6-9,14H,4-5,10-11H2,1-3H3. The zero-order valence-corrected chi connectivity index (χ0v) is 12.5. The average molecular weight is 286 g/mol. The van der Waals surface area contributed by atoms with Crippen LogP contribution in [0.25, 0.3) is 0 Å². The zero-order chi connectivity index (χ0) is 14.3. The van der Waals surface area contributed by atoms with Crippen molar-refractivity contribution in [2.24, 2.45) is 0 Å². The van der Waals surface area contributed by atoms with Crippen molar-refractivity contribution in [2.45, 2.75) is 18.7 Å². The predicted octanol–water partition coefficient (Wildman–Crippen LogP) is 1.32. The van der Waals surface area contributed by atoms with Crippen molar-refractivity contribution < 1.29 is 13.2 Å². The molecule has 1 rings (SSSR count). The van der Waals surface area contributed by atoms with Gasteiger partial charge in [-0.05, 0) is 31.3 Å². The largest absolute Gasteiger partial charge is 0.492 e. The van der Waals surface area contributed by atoms with Gasteiger partial charge in [-0.3, -0.25) is 0 Å². The number of rotatable bonds is 8. The van der Waals surface area contributed by atoms with E-state index in [1.807, 2.05) is 20.9 Å². The van der Waals surface area contributed by atoms with Gasteiger partial charge in [-0.1, -0.05) is 13.8 Å². The lowest BCUT2D eigenvalue weighted by molar-refractivity contribution is 0.318. The van der Waals surface area contributed by atoms with Crippen molar-refractivity contribution in [3.05, 3.63) is 24.3 Å². The van der Waals surface area contributed by atoms with E-state index in [0.29, 0.717) is 30.3 Å². The van der Waals surface area contributed by atoms with Crippen molar-refractivity contribution in [2.75, 3.05) is 33.3 Å². The van der Waals surface area contributed by atoms with Gasteiger partial charge >= 0.3 is 0 Å². The molecule has 0 bridgehead atoms. The molecule has 0 heterocycles. The van der Waals surface area contributed by atoms with Crippen LogP contribution < -0.4 is 10.1 Å². The van der Waals surface area contributed by atoms with Gasteiger partial charge in [0, 0.05) is 19.6 Å². The average Bonchev–Trinajstić information content (AvgIpc) is 2.41. The van der Waals surface area contributed by atoms with Crippen LogP contribution >= 0.6 is 0 Å². The van der Waals surface area contributed by atoms with Crippen LogP contribution in [0.15, 0.2) is 29.2 Å². The van der Waals surface area contributed by atoms with E-state index in [-0.39, 0.29) is 0 Å². The summed E-state index contributed by atoms with van der Waals surface area (Å²) in [5.41, 5.74) is 0. The van der Waals surface area contributed by atoms with Crippen LogP contribution in [0.2, 0.25) is 0 Å². The number of ether oxygens (including phenoxy) is 1. The van der Waals surface area contributed by atoms with Crippen LogP contribution in [0.4, 0.5) is 0 Å². The molecule has 5 nitrogen and oxygen atoms in total. The molecule has 6 heteroatoms. The van der Waals surface area contributed by atoms with Gasteiger partial charge in [0.2, 0.25) is 10.0 Å². The van der Waals surface area contributed by atoms with E-state index in [1.54, 1.807) is 24.3 Å². The number of nitrogens with zero attached hydrogens (tertiary/aromatic N) is 1. The molecule has 0 amide bonds. The van der Waals surface area contributed by atoms with E-state index in [2.05, 4.69) is 5.32 Å². The molecule has 108 valence electrons. The van der Waals surface area contributed by atoms with Crippen molar-refractivity contribution in [3.8, 4) is 5.75 Å².